The summed E-state index contributed by atoms with van der Waals surface area (Å²) in [5.41, 5.74) is 3.87. The van der Waals surface area contributed by atoms with Gasteiger partial charge in [0.25, 0.3) is 0 Å². The minimum absolute atomic E-state index is 0.731. The van der Waals surface area contributed by atoms with E-state index < -0.39 is 6.09 Å². The predicted molar refractivity (Wildman–Crippen MR) is 84.4 cm³/mol. The van der Waals surface area contributed by atoms with Gasteiger partial charge in [-0.1, -0.05) is 18.2 Å². The fourth-order valence-electron chi connectivity index (χ4n) is 2.93. The van der Waals surface area contributed by atoms with E-state index in [0.717, 1.165) is 38.0 Å². The van der Waals surface area contributed by atoms with Gasteiger partial charge in [0.2, 0.25) is 0 Å². The van der Waals surface area contributed by atoms with Crippen LogP contribution in [0.2, 0.25) is 0 Å². The Kier molecular flexibility index (Phi) is 4.42. The number of fused-ring (bicyclic) bond motifs is 1. The molecule has 1 aromatic carbocycles. The number of hydrogen-bond acceptors (Lipinski definition) is 2. The number of aromatic nitrogens is 2. The first kappa shape index (κ1) is 14.6. The fourth-order valence-corrected chi connectivity index (χ4v) is 2.93. The Labute approximate surface area is 130 Å². The van der Waals surface area contributed by atoms with Crippen LogP contribution in [0.1, 0.15) is 30.5 Å². The first-order valence-corrected chi connectivity index (χ1v) is 7.85. The average Bonchev–Trinajstić information content (AvgIpc) is 3.25. The second-order valence-corrected chi connectivity index (χ2v) is 5.71. The highest BCUT2D eigenvalue weighted by atomic mass is 16.4. The zero-order chi connectivity index (χ0) is 15.4. The number of para-hydroxylation sites is 1. The lowest BCUT2D eigenvalue weighted by Gasteiger charge is -2.07. The molecule has 22 heavy (non-hydrogen) atoms. The van der Waals surface area contributed by atoms with Gasteiger partial charge in [0.05, 0.1) is 11.4 Å². The van der Waals surface area contributed by atoms with Crippen molar-refractivity contribution in [2.24, 2.45) is 0 Å². The summed E-state index contributed by atoms with van der Waals surface area (Å²) in [7, 11) is 0. The number of amides is 1. The van der Waals surface area contributed by atoms with E-state index in [-0.39, 0.29) is 0 Å². The zero-order valence-electron chi connectivity index (χ0n) is 12.6. The third-order valence-electron chi connectivity index (χ3n) is 4.13. The van der Waals surface area contributed by atoms with Crippen LogP contribution in [0.5, 0.6) is 0 Å². The highest BCUT2D eigenvalue weighted by molar-refractivity contribution is 5.65. The maximum atomic E-state index is 10.1. The molecular formula is C17H21N3O2. The van der Waals surface area contributed by atoms with E-state index in [1.54, 1.807) is 0 Å². The Hall–Kier alpha value is -2.30. The van der Waals surface area contributed by atoms with Crippen molar-refractivity contribution in [3.05, 3.63) is 47.8 Å². The van der Waals surface area contributed by atoms with Crippen LogP contribution in [0.3, 0.4) is 0 Å². The maximum Gasteiger partial charge on any atom is 0.407 e. The molecule has 1 amide bonds. The molecule has 1 N–H and O–H groups in total. The number of nitrogens with zero attached hydrogens (tertiary/aromatic N) is 3. The van der Waals surface area contributed by atoms with Crippen LogP contribution in [0.25, 0.3) is 5.69 Å². The van der Waals surface area contributed by atoms with Crippen molar-refractivity contribution in [2.45, 2.75) is 32.1 Å². The van der Waals surface area contributed by atoms with Crippen molar-refractivity contribution in [1.29, 1.82) is 0 Å². The number of benzene rings is 1. The van der Waals surface area contributed by atoms with Gasteiger partial charge in [-0.05, 0) is 49.8 Å². The van der Waals surface area contributed by atoms with Gasteiger partial charge in [-0.25, -0.2) is 9.48 Å². The van der Waals surface area contributed by atoms with E-state index in [1.165, 1.54) is 29.0 Å². The molecule has 2 aromatic rings. The number of aryl methyl sites for hydroxylation is 2. The molecule has 1 saturated heterocycles. The number of likely N-dealkylation sites (tertiary alicyclic amines) is 1. The highest BCUT2D eigenvalue weighted by Crippen LogP contribution is 2.21. The molecule has 1 fully saturated rings. The lowest BCUT2D eigenvalue weighted by atomic mass is 10.3. The lowest BCUT2D eigenvalue weighted by molar-refractivity contribution is 0.156. The first-order valence-electron chi connectivity index (χ1n) is 7.85. The van der Waals surface area contributed by atoms with Crippen molar-refractivity contribution in [1.82, 2.24) is 14.7 Å². The van der Waals surface area contributed by atoms with Crippen LogP contribution < -0.4 is 0 Å². The van der Waals surface area contributed by atoms with E-state index in [4.69, 9.17) is 5.11 Å². The summed E-state index contributed by atoms with van der Waals surface area (Å²) in [4.78, 5) is 11.6. The maximum absolute atomic E-state index is 10.1. The van der Waals surface area contributed by atoms with Crippen molar-refractivity contribution in [3.63, 3.8) is 0 Å². The van der Waals surface area contributed by atoms with Gasteiger partial charge in [-0.2, -0.15) is 5.10 Å². The molecule has 4 rings (SSSR count). The third-order valence-corrected chi connectivity index (χ3v) is 4.13. The van der Waals surface area contributed by atoms with Crippen molar-refractivity contribution >= 4 is 6.09 Å². The van der Waals surface area contributed by atoms with Gasteiger partial charge < -0.3 is 10.0 Å². The van der Waals surface area contributed by atoms with Crippen LogP contribution in [-0.2, 0) is 12.8 Å². The lowest BCUT2D eigenvalue weighted by Crippen LogP contribution is -2.25. The Bertz CT molecular complexity index is 609. The minimum Gasteiger partial charge on any atom is -0.465 e. The molecule has 2 heterocycles. The number of hydrogen-bond donors (Lipinski definition) is 1. The Morgan fingerprint density at radius 1 is 1.05 bits per heavy atom. The van der Waals surface area contributed by atoms with Crippen molar-refractivity contribution in [2.75, 3.05) is 13.1 Å². The van der Waals surface area contributed by atoms with Crippen LogP contribution in [-0.4, -0.2) is 39.0 Å². The van der Waals surface area contributed by atoms with E-state index in [2.05, 4.69) is 23.4 Å². The molecule has 1 aliphatic carbocycles. The minimum atomic E-state index is -0.775. The quantitative estimate of drug-likeness (QED) is 0.880. The summed E-state index contributed by atoms with van der Waals surface area (Å²) in [6.07, 6.45) is 7.07. The molecule has 2 aliphatic rings. The molecule has 0 saturated carbocycles. The summed E-state index contributed by atoms with van der Waals surface area (Å²) >= 11 is 0. The molecule has 5 heteroatoms. The Morgan fingerprint density at radius 2 is 1.77 bits per heavy atom. The molecule has 0 bridgehead atoms. The van der Waals surface area contributed by atoms with Crippen molar-refractivity contribution < 1.29 is 9.90 Å². The summed E-state index contributed by atoms with van der Waals surface area (Å²) in [6, 6.07) is 10.3. The predicted octanol–water partition coefficient (Wildman–Crippen LogP) is 3.12. The van der Waals surface area contributed by atoms with E-state index >= 15 is 0 Å². The van der Waals surface area contributed by atoms with E-state index in [1.807, 2.05) is 22.9 Å². The second kappa shape index (κ2) is 6.64. The smallest absolute Gasteiger partial charge is 0.407 e. The number of carboxylic acid groups (broad SMARTS) is 1. The van der Waals surface area contributed by atoms with Crippen LogP contribution in [0.15, 0.2) is 36.5 Å². The van der Waals surface area contributed by atoms with Crippen LogP contribution in [0.4, 0.5) is 4.79 Å². The van der Waals surface area contributed by atoms with Crippen LogP contribution >= 0.6 is 0 Å². The average molecular weight is 299 g/mol. The molecule has 1 aromatic heterocycles. The normalized spacial score (nSPS) is 16.1. The molecule has 0 unspecified atom stereocenters. The molecule has 0 radical (unpaired) electrons. The standard InChI is InChI=1S/C12H12N2.C5H9NO2/c1-2-6-11(7-3-1)14-9-10-5-4-8-12(10)13-14;7-5(8)6-3-1-2-4-6/h1-3,6-7,9H,4-5,8H2;1-4H2,(H,7,8). The SMILES string of the molecule is O=C(O)N1CCCC1.c1ccc(-n2cc3c(n2)CCC3)cc1. The van der Waals surface area contributed by atoms with Gasteiger partial charge in [-0.15, -0.1) is 0 Å². The fraction of sp³-hybridized carbons (Fsp3) is 0.412. The molecule has 116 valence electrons. The molecular weight excluding hydrogens is 278 g/mol. The summed E-state index contributed by atoms with van der Waals surface area (Å²) in [5.74, 6) is 0. The number of carbonyl (C=O) groups is 1. The second-order valence-electron chi connectivity index (χ2n) is 5.71. The number of rotatable bonds is 1. The zero-order valence-corrected chi connectivity index (χ0v) is 12.6. The molecule has 1 aliphatic heterocycles. The highest BCUT2D eigenvalue weighted by Gasteiger charge is 2.15. The van der Waals surface area contributed by atoms with Crippen molar-refractivity contribution in [3.8, 4) is 5.69 Å². The van der Waals surface area contributed by atoms with E-state index in [9.17, 15) is 4.79 Å². The monoisotopic (exact) mass is 299 g/mol. The Balaban J connectivity index is 0.000000154. The Morgan fingerprint density at radius 3 is 2.36 bits per heavy atom. The summed E-state index contributed by atoms with van der Waals surface area (Å²) in [5, 5.41) is 12.9. The molecule has 5 nitrogen and oxygen atoms in total. The topological polar surface area (TPSA) is 58.4 Å². The van der Waals surface area contributed by atoms with Gasteiger partial charge >= 0.3 is 6.09 Å². The van der Waals surface area contributed by atoms with Gasteiger partial charge in [0.15, 0.2) is 0 Å². The summed E-state index contributed by atoms with van der Waals surface area (Å²) in [6.45, 7) is 1.46. The van der Waals surface area contributed by atoms with Crippen LogP contribution in [0, 0.1) is 0 Å². The van der Waals surface area contributed by atoms with Gasteiger partial charge in [0.1, 0.15) is 0 Å². The first-order chi connectivity index (χ1) is 10.7. The van der Waals surface area contributed by atoms with Gasteiger partial charge in [0, 0.05) is 19.3 Å². The van der Waals surface area contributed by atoms with E-state index in [0.29, 0.717) is 0 Å². The summed E-state index contributed by atoms with van der Waals surface area (Å²) < 4.78 is 1.99. The molecule has 0 spiro atoms. The largest absolute Gasteiger partial charge is 0.465 e. The molecule has 0 atom stereocenters. The third kappa shape index (κ3) is 3.30. The van der Waals surface area contributed by atoms with Gasteiger partial charge in [-0.3, -0.25) is 0 Å².